The molecule has 8 heteroatoms. The van der Waals surface area contributed by atoms with Crippen molar-refractivity contribution in [3.63, 3.8) is 0 Å². The van der Waals surface area contributed by atoms with E-state index in [0.29, 0.717) is 24.1 Å². The summed E-state index contributed by atoms with van der Waals surface area (Å²) in [4.78, 5) is 31.4. The van der Waals surface area contributed by atoms with Gasteiger partial charge in [-0.15, -0.1) is 0 Å². The number of ketones is 1. The third kappa shape index (κ3) is 4.64. The molecule has 1 atom stereocenters. The molecule has 2 heterocycles. The molecule has 1 aliphatic heterocycles. The van der Waals surface area contributed by atoms with Gasteiger partial charge in [-0.2, -0.15) is 13.2 Å². The zero-order chi connectivity index (χ0) is 22.7. The van der Waals surface area contributed by atoms with Gasteiger partial charge < -0.3 is 9.64 Å². The first kappa shape index (κ1) is 21.5. The van der Waals surface area contributed by atoms with Crippen molar-refractivity contribution >= 4 is 11.7 Å². The molecule has 1 fully saturated rings. The van der Waals surface area contributed by atoms with Gasteiger partial charge >= 0.3 is 6.18 Å². The molecule has 0 N–H and O–H groups in total. The molecular weight excluding hydrogens is 421 g/mol. The van der Waals surface area contributed by atoms with Crippen LogP contribution in [0, 0.1) is 0 Å². The summed E-state index contributed by atoms with van der Waals surface area (Å²) in [7, 11) is 0. The van der Waals surface area contributed by atoms with E-state index in [1.807, 2.05) is 0 Å². The third-order valence-electron chi connectivity index (χ3n) is 5.22. The topological polar surface area (TPSA) is 59.5 Å². The molecule has 1 amide bonds. The summed E-state index contributed by atoms with van der Waals surface area (Å²) in [6.45, 7) is 0.543. The summed E-state index contributed by atoms with van der Waals surface area (Å²) in [5.41, 5.74) is 0.208. The van der Waals surface area contributed by atoms with Gasteiger partial charge in [-0.25, -0.2) is 4.98 Å². The molecule has 1 aromatic heterocycles. The highest BCUT2D eigenvalue weighted by Gasteiger charge is 2.33. The standard InChI is InChI=1S/C24H19F3N2O3/c25-24(26,27)17-10-12-28-21(14-17)32-18-11-13-29(15-18)23(31)20-9-5-4-8-19(20)22(30)16-6-2-1-3-7-16/h1-10,12,14,18H,11,13,15H2/t18-/m1/s1. The van der Waals surface area contributed by atoms with Crippen molar-refractivity contribution in [1.82, 2.24) is 9.88 Å². The molecule has 1 saturated heterocycles. The fourth-order valence-corrected chi connectivity index (χ4v) is 3.61. The van der Waals surface area contributed by atoms with Gasteiger partial charge in [0.05, 0.1) is 17.7 Å². The fraction of sp³-hybridized carbons (Fsp3) is 0.208. The Morgan fingerprint density at radius 2 is 1.66 bits per heavy atom. The van der Waals surface area contributed by atoms with E-state index in [4.69, 9.17) is 4.74 Å². The van der Waals surface area contributed by atoms with Crippen molar-refractivity contribution in [2.75, 3.05) is 13.1 Å². The quantitative estimate of drug-likeness (QED) is 0.543. The van der Waals surface area contributed by atoms with Crippen LogP contribution in [0.5, 0.6) is 5.88 Å². The second-order valence-corrected chi connectivity index (χ2v) is 7.40. The maximum atomic E-state index is 13.1. The normalized spacial score (nSPS) is 16.1. The highest BCUT2D eigenvalue weighted by atomic mass is 19.4. The molecule has 0 aliphatic carbocycles. The lowest BCUT2D eigenvalue weighted by molar-refractivity contribution is -0.137. The van der Waals surface area contributed by atoms with Crippen LogP contribution < -0.4 is 4.74 Å². The second kappa shape index (κ2) is 8.82. The number of carbonyl (C=O) groups is 2. The summed E-state index contributed by atoms with van der Waals surface area (Å²) in [5, 5.41) is 0. The predicted octanol–water partition coefficient (Wildman–Crippen LogP) is 4.62. The largest absolute Gasteiger partial charge is 0.472 e. The molecule has 164 valence electrons. The van der Waals surface area contributed by atoms with Crippen LogP contribution >= 0.6 is 0 Å². The second-order valence-electron chi connectivity index (χ2n) is 7.40. The number of likely N-dealkylation sites (tertiary alicyclic amines) is 1. The van der Waals surface area contributed by atoms with Gasteiger partial charge in [0.15, 0.2) is 5.78 Å². The highest BCUT2D eigenvalue weighted by Crippen LogP contribution is 2.31. The molecule has 4 rings (SSSR count). The minimum Gasteiger partial charge on any atom is -0.472 e. The van der Waals surface area contributed by atoms with Crippen molar-refractivity contribution < 1.29 is 27.5 Å². The van der Waals surface area contributed by atoms with Gasteiger partial charge in [0.2, 0.25) is 5.88 Å². The predicted molar refractivity (Wildman–Crippen MR) is 110 cm³/mol. The average molecular weight is 440 g/mol. The number of aromatic nitrogens is 1. The SMILES string of the molecule is O=C(c1ccccc1)c1ccccc1C(=O)N1CC[C@@H](Oc2cc(C(F)(F)F)ccn2)C1. The van der Waals surface area contributed by atoms with Gasteiger partial charge in [-0.1, -0.05) is 48.5 Å². The highest BCUT2D eigenvalue weighted by molar-refractivity contribution is 6.15. The van der Waals surface area contributed by atoms with Crippen LogP contribution in [0.25, 0.3) is 0 Å². The maximum absolute atomic E-state index is 13.1. The van der Waals surface area contributed by atoms with Crippen LogP contribution in [0.1, 0.15) is 38.3 Å². The Bertz CT molecular complexity index is 1130. The summed E-state index contributed by atoms with van der Waals surface area (Å²) in [6, 6.07) is 17.0. The van der Waals surface area contributed by atoms with Crippen molar-refractivity contribution in [3.8, 4) is 5.88 Å². The molecule has 3 aromatic rings. The van der Waals surface area contributed by atoms with Crippen molar-refractivity contribution in [3.05, 3.63) is 95.2 Å². The molecule has 0 saturated carbocycles. The Kier molecular flexibility index (Phi) is 5.94. The first-order valence-corrected chi connectivity index (χ1v) is 10.0. The van der Waals surface area contributed by atoms with Gasteiger partial charge in [0.25, 0.3) is 5.91 Å². The van der Waals surface area contributed by atoms with Crippen LogP contribution in [0.2, 0.25) is 0 Å². The summed E-state index contributed by atoms with van der Waals surface area (Å²) in [5.74, 6) is -0.721. The third-order valence-corrected chi connectivity index (χ3v) is 5.22. The number of halogens is 3. The molecule has 2 aromatic carbocycles. The van der Waals surface area contributed by atoms with Crippen molar-refractivity contribution in [2.24, 2.45) is 0 Å². The molecule has 0 bridgehead atoms. The number of alkyl halides is 3. The van der Waals surface area contributed by atoms with Crippen LogP contribution in [-0.4, -0.2) is 40.8 Å². The molecule has 0 spiro atoms. The minimum atomic E-state index is -4.49. The first-order chi connectivity index (χ1) is 15.3. The first-order valence-electron chi connectivity index (χ1n) is 10.0. The minimum absolute atomic E-state index is 0.140. The number of rotatable bonds is 5. The molecule has 0 radical (unpaired) electrons. The van der Waals surface area contributed by atoms with E-state index in [-0.39, 0.29) is 29.7 Å². The van der Waals surface area contributed by atoms with Crippen LogP contribution in [0.3, 0.4) is 0 Å². The number of benzene rings is 2. The number of hydrogen-bond acceptors (Lipinski definition) is 4. The number of hydrogen-bond donors (Lipinski definition) is 0. The van der Waals surface area contributed by atoms with Crippen molar-refractivity contribution in [1.29, 1.82) is 0 Å². The number of carbonyl (C=O) groups excluding carboxylic acids is 2. The molecule has 1 aliphatic rings. The number of nitrogens with zero attached hydrogens (tertiary/aromatic N) is 2. The van der Waals surface area contributed by atoms with E-state index in [9.17, 15) is 22.8 Å². The smallest absolute Gasteiger partial charge is 0.416 e. The maximum Gasteiger partial charge on any atom is 0.416 e. The summed E-state index contributed by atoms with van der Waals surface area (Å²) in [6.07, 6.45) is -3.50. The number of pyridine rings is 1. The molecule has 0 unspecified atom stereocenters. The Balaban J connectivity index is 1.48. The van der Waals surface area contributed by atoms with E-state index in [2.05, 4.69) is 4.98 Å². The van der Waals surface area contributed by atoms with Gasteiger partial charge in [0, 0.05) is 36.4 Å². The zero-order valence-electron chi connectivity index (χ0n) is 16.9. The fourth-order valence-electron chi connectivity index (χ4n) is 3.61. The van der Waals surface area contributed by atoms with E-state index >= 15 is 0 Å². The van der Waals surface area contributed by atoms with Crippen molar-refractivity contribution in [2.45, 2.75) is 18.7 Å². The Labute approximate surface area is 182 Å². The van der Waals surface area contributed by atoms with Crippen LogP contribution in [0.15, 0.2) is 72.9 Å². The lowest BCUT2D eigenvalue weighted by Gasteiger charge is -2.19. The lowest BCUT2D eigenvalue weighted by atomic mass is 9.97. The Morgan fingerprint density at radius 3 is 2.38 bits per heavy atom. The summed E-state index contributed by atoms with van der Waals surface area (Å²) < 4.78 is 44.3. The zero-order valence-corrected chi connectivity index (χ0v) is 16.9. The Hall–Kier alpha value is -3.68. The van der Waals surface area contributed by atoms with Gasteiger partial charge in [-0.05, 0) is 12.1 Å². The monoisotopic (exact) mass is 440 g/mol. The van der Waals surface area contributed by atoms with Crippen LogP contribution in [-0.2, 0) is 6.18 Å². The van der Waals surface area contributed by atoms with Gasteiger partial charge in [-0.3, -0.25) is 9.59 Å². The van der Waals surface area contributed by atoms with E-state index < -0.39 is 17.8 Å². The molecular formula is C24H19F3N2O3. The Morgan fingerprint density at radius 1 is 0.969 bits per heavy atom. The number of amides is 1. The molecule has 32 heavy (non-hydrogen) atoms. The van der Waals surface area contributed by atoms with E-state index in [1.165, 1.54) is 4.90 Å². The summed E-state index contributed by atoms with van der Waals surface area (Å²) >= 11 is 0. The number of ether oxygens (including phenoxy) is 1. The average Bonchev–Trinajstić information content (AvgIpc) is 3.27. The van der Waals surface area contributed by atoms with Crippen LogP contribution in [0.4, 0.5) is 13.2 Å². The molecule has 5 nitrogen and oxygen atoms in total. The van der Waals surface area contributed by atoms with E-state index in [1.54, 1.807) is 54.6 Å². The van der Waals surface area contributed by atoms with Gasteiger partial charge in [0.1, 0.15) is 6.10 Å². The van der Waals surface area contributed by atoms with E-state index in [0.717, 1.165) is 18.3 Å². The lowest BCUT2D eigenvalue weighted by Crippen LogP contribution is -2.32.